The van der Waals surface area contributed by atoms with Gasteiger partial charge in [-0.15, -0.1) is 11.3 Å². The van der Waals surface area contributed by atoms with Gasteiger partial charge in [0.05, 0.1) is 6.04 Å². The highest BCUT2D eigenvalue weighted by Crippen LogP contribution is 2.36. The number of phenolic OH excluding ortho intramolecular Hbond substituents is 1. The van der Waals surface area contributed by atoms with Gasteiger partial charge < -0.3 is 10.4 Å². The fourth-order valence-electron chi connectivity index (χ4n) is 2.64. The molecule has 4 heteroatoms. The zero-order chi connectivity index (χ0) is 13.1. The van der Waals surface area contributed by atoms with Crippen LogP contribution < -0.4 is 5.32 Å². The topological polar surface area (TPSA) is 35.5 Å². The molecular weight excluding hydrogens is 256 g/mol. The molecule has 2 aromatic rings. The van der Waals surface area contributed by atoms with Crippen molar-refractivity contribution in [3.63, 3.8) is 0 Å². The average molecular weight is 274 g/mol. The van der Waals surface area contributed by atoms with E-state index in [9.17, 15) is 5.11 Å². The van der Waals surface area contributed by atoms with Gasteiger partial charge in [0, 0.05) is 36.6 Å². The van der Waals surface area contributed by atoms with Crippen molar-refractivity contribution in [3.8, 4) is 5.75 Å². The van der Waals surface area contributed by atoms with E-state index in [4.69, 9.17) is 0 Å². The van der Waals surface area contributed by atoms with Crippen LogP contribution in [0.1, 0.15) is 16.5 Å². The quantitative estimate of drug-likeness (QED) is 0.902. The summed E-state index contributed by atoms with van der Waals surface area (Å²) in [5.41, 5.74) is 1.01. The molecule has 1 atom stereocenters. The Labute approximate surface area is 117 Å². The average Bonchev–Trinajstić information content (AvgIpc) is 2.96. The third-order valence-corrected chi connectivity index (χ3v) is 4.49. The zero-order valence-corrected chi connectivity index (χ0v) is 11.6. The highest BCUT2D eigenvalue weighted by Gasteiger charge is 2.26. The molecule has 0 radical (unpaired) electrons. The van der Waals surface area contributed by atoms with Gasteiger partial charge in [-0.25, -0.2) is 0 Å². The number of hydrogen-bond donors (Lipinski definition) is 2. The molecule has 3 rings (SSSR count). The van der Waals surface area contributed by atoms with Gasteiger partial charge in [0.1, 0.15) is 5.75 Å². The number of piperazine rings is 1. The largest absolute Gasteiger partial charge is 0.508 e. The molecular formula is C15H18N2OS. The van der Waals surface area contributed by atoms with Gasteiger partial charge in [0.2, 0.25) is 0 Å². The maximum atomic E-state index is 10.2. The summed E-state index contributed by atoms with van der Waals surface area (Å²) >= 11 is 1.76. The van der Waals surface area contributed by atoms with E-state index in [0.717, 1.165) is 31.7 Å². The summed E-state index contributed by atoms with van der Waals surface area (Å²) in [7, 11) is 0. The molecule has 1 aromatic carbocycles. The highest BCUT2D eigenvalue weighted by atomic mass is 32.1. The first kappa shape index (κ1) is 12.7. The monoisotopic (exact) mass is 274 g/mol. The lowest BCUT2D eigenvalue weighted by Crippen LogP contribution is -2.45. The van der Waals surface area contributed by atoms with Gasteiger partial charge in [-0.2, -0.15) is 0 Å². The molecule has 1 fully saturated rings. The lowest BCUT2D eigenvalue weighted by atomic mass is 10.0. The van der Waals surface area contributed by atoms with E-state index in [-0.39, 0.29) is 6.04 Å². The molecule has 0 bridgehead atoms. The van der Waals surface area contributed by atoms with E-state index in [2.05, 4.69) is 27.7 Å². The summed E-state index contributed by atoms with van der Waals surface area (Å²) in [5.74, 6) is 0.388. The highest BCUT2D eigenvalue weighted by molar-refractivity contribution is 7.10. The molecule has 0 saturated carbocycles. The Morgan fingerprint density at radius 1 is 1.11 bits per heavy atom. The van der Waals surface area contributed by atoms with Crippen LogP contribution in [0.2, 0.25) is 0 Å². The maximum absolute atomic E-state index is 10.2. The summed E-state index contributed by atoms with van der Waals surface area (Å²) in [6.07, 6.45) is 0. The number of para-hydroxylation sites is 1. The first-order valence-electron chi connectivity index (χ1n) is 6.62. The van der Waals surface area contributed by atoms with Crippen LogP contribution in [0.15, 0.2) is 41.8 Å². The minimum absolute atomic E-state index is 0.170. The number of phenols is 1. The number of rotatable bonds is 3. The van der Waals surface area contributed by atoms with Crippen LogP contribution >= 0.6 is 11.3 Å². The van der Waals surface area contributed by atoms with Crippen molar-refractivity contribution in [2.75, 3.05) is 26.2 Å². The predicted octanol–water partition coefficient (Wildman–Crippen LogP) is 2.45. The molecule has 100 valence electrons. The van der Waals surface area contributed by atoms with Gasteiger partial charge in [-0.05, 0) is 17.5 Å². The molecule has 1 saturated heterocycles. The molecule has 1 aliphatic heterocycles. The standard InChI is InChI=1S/C15H18N2OS/c18-13-5-2-1-4-12(13)15(14-6-3-11-19-14)17-9-7-16-8-10-17/h1-6,11,15-16,18H,7-10H2/t15-/m0/s1. The molecule has 0 unspecified atom stereocenters. The second-order valence-electron chi connectivity index (χ2n) is 4.76. The van der Waals surface area contributed by atoms with Crippen LogP contribution in [0.4, 0.5) is 0 Å². The summed E-state index contributed by atoms with van der Waals surface area (Å²) in [4.78, 5) is 3.74. The smallest absolute Gasteiger partial charge is 0.120 e. The number of thiophene rings is 1. The third kappa shape index (κ3) is 2.66. The van der Waals surface area contributed by atoms with Crippen LogP contribution in [0, 0.1) is 0 Å². The van der Waals surface area contributed by atoms with Crippen LogP contribution in [-0.2, 0) is 0 Å². The number of benzene rings is 1. The van der Waals surface area contributed by atoms with Crippen LogP contribution in [0.3, 0.4) is 0 Å². The summed E-state index contributed by atoms with van der Waals surface area (Å²) in [6, 6.07) is 12.1. The zero-order valence-electron chi connectivity index (χ0n) is 10.7. The second kappa shape index (κ2) is 5.74. The van der Waals surface area contributed by atoms with Crippen molar-refractivity contribution in [1.29, 1.82) is 0 Å². The Hall–Kier alpha value is -1.36. The molecule has 2 N–H and O–H groups in total. The fraction of sp³-hybridized carbons (Fsp3) is 0.333. The minimum atomic E-state index is 0.170. The van der Waals surface area contributed by atoms with Crippen molar-refractivity contribution in [1.82, 2.24) is 10.2 Å². The number of nitrogens with zero attached hydrogens (tertiary/aromatic N) is 1. The molecule has 0 spiro atoms. The third-order valence-electron chi connectivity index (χ3n) is 3.56. The molecule has 3 nitrogen and oxygen atoms in total. The van der Waals surface area contributed by atoms with E-state index < -0.39 is 0 Å². The van der Waals surface area contributed by atoms with Crippen LogP contribution in [0.5, 0.6) is 5.75 Å². The Balaban J connectivity index is 1.99. The molecule has 0 amide bonds. The molecule has 1 aromatic heterocycles. The number of hydrogen-bond acceptors (Lipinski definition) is 4. The van der Waals surface area contributed by atoms with Crippen LogP contribution in [0.25, 0.3) is 0 Å². The molecule has 19 heavy (non-hydrogen) atoms. The van der Waals surface area contributed by atoms with Gasteiger partial charge in [0.15, 0.2) is 0 Å². The molecule has 2 heterocycles. The first-order valence-corrected chi connectivity index (χ1v) is 7.50. The van der Waals surface area contributed by atoms with Gasteiger partial charge in [-0.3, -0.25) is 4.90 Å². The van der Waals surface area contributed by atoms with Crippen molar-refractivity contribution >= 4 is 11.3 Å². The van der Waals surface area contributed by atoms with E-state index in [1.807, 2.05) is 18.2 Å². The number of aromatic hydroxyl groups is 1. The van der Waals surface area contributed by atoms with E-state index in [1.165, 1.54) is 4.88 Å². The SMILES string of the molecule is Oc1ccccc1[C@@H](c1cccs1)N1CCNCC1. The Kier molecular flexibility index (Phi) is 3.82. The van der Waals surface area contributed by atoms with Gasteiger partial charge >= 0.3 is 0 Å². The predicted molar refractivity (Wildman–Crippen MR) is 78.7 cm³/mol. The lowest BCUT2D eigenvalue weighted by Gasteiger charge is -2.35. The van der Waals surface area contributed by atoms with Crippen molar-refractivity contribution in [3.05, 3.63) is 52.2 Å². The van der Waals surface area contributed by atoms with E-state index in [0.29, 0.717) is 5.75 Å². The van der Waals surface area contributed by atoms with Crippen molar-refractivity contribution < 1.29 is 5.11 Å². The second-order valence-corrected chi connectivity index (χ2v) is 5.74. The van der Waals surface area contributed by atoms with Crippen LogP contribution in [-0.4, -0.2) is 36.2 Å². The van der Waals surface area contributed by atoms with Crippen molar-refractivity contribution in [2.45, 2.75) is 6.04 Å². The Morgan fingerprint density at radius 2 is 1.89 bits per heavy atom. The molecule has 0 aliphatic carbocycles. The first-order chi connectivity index (χ1) is 9.36. The van der Waals surface area contributed by atoms with E-state index >= 15 is 0 Å². The van der Waals surface area contributed by atoms with E-state index in [1.54, 1.807) is 17.4 Å². The maximum Gasteiger partial charge on any atom is 0.120 e. The van der Waals surface area contributed by atoms with Crippen molar-refractivity contribution in [2.24, 2.45) is 0 Å². The summed E-state index contributed by atoms with van der Waals surface area (Å²) < 4.78 is 0. The minimum Gasteiger partial charge on any atom is -0.508 e. The summed E-state index contributed by atoms with van der Waals surface area (Å²) in [5, 5.41) is 15.7. The Bertz CT molecular complexity index is 521. The normalized spacial score (nSPS) is 18.3. The fourth-order valence-corrected chi connectivity index (χ4v) is 3.51. The summed E-state index contributed by atoms with van der Waals surface area (Å²) in [6.45, 7) is 4.04. The van der Waals surface area contributed by atoms with Gasteiger partial charge in [0.25, 0.3) is 0 Å². The lowest BCUT2D eigenvalue weighted by molar-refractivity contribution is 0.198. The Morgan fingerprint density at radius 3 is 2.58 bits per heavy atom. The molecule has 1 aliphatic rings. The van der Waals surface area contributed by atoms with Gasteiger partial charge in [-0.1, -0.05) is 24.3 Å². The number of nitrogens with one attached hydrogen (secondary N) is 1.